The molecule has 2 unspecified atom stereocenters. The zero-order valence-corrected chi connectivity index (χ0v) is 14.0. The second-order valence-electron chi connectivity index (χ2n) is 6.03. The maximum atomic E-state index is 11.5. The smallest absolute Gasteiger partial charge is 0.335 e. The van der Waals surface area contributed by atoms with Crippen LogP contribution in [0.5, 0.6) is 0 Å². The number of benzene rings is 2. The van der Waals surface area contributed by atoms with Crippen molar-refractivity contribution in [3.05, 3.63) is 106 Å². The Balaban J connectivity index is 2.00. The van der Waals surface area contributed by atoms with Crippen LogP contribution in [0.2, 0.25) is 0 Å². The SMILES string of the molecule is O=NC(CC(c1ccccc1)c1cccc(C(=O)O)c1)c1ccncc1. The number of carboxylic acid groups (broad SMARTS) is 1. The van der Waals surface area contributed by atoms with Gasteiger partial charge < -0.3 is 5.11 Å². The Morgan fingerprint density at radius 1 is 0.923 bits per heavy atom. The van der Waals surface area contributed by atoms with Crippen molar-refractivity contribution >= 4 is 5.97 Å². The van der Waals surface area contributed by atoms with Gasteiger partial charge in [-0.25, -0.2) is 4.79 Å². The van der Waals surface area contributed by atoms with Crippen LogP contribution in [-0.4, -0.2) is 16.1 Å². The minimum atomic E-state index is -0.974. The van der Waals surface area contributed by atoms with E-state index in [9.17, 15) is 14.8 Å². The molecule has 0 fully saturated rings. The standard InChI is InChI=1S/C21H18N2O3/c24-21(25)18-8-4-7-17(13-18)19(15-5-2-1-3-6-15)14-20(23-26)16-9-11-22-12-10-16/h1-13,19-20H,14H2,(H,24,25). The highest BCUT2D eigenvalue weighted by molar-refractivity contribution is 5.87. The summed E-state index contributed by atoms with van der Waals surface area (Å²) in [5.41, 5.74) is 2.88. The first-order valence-electron chi connectivity index (χ1n) is 8.29. The van der Waals surface area contributed by atoms with Crippen LogP contribution in [0.1, 0.15) is 45.4 Å². The van der Waals surface area contributed by atoms with Gasteiger partial charge in [-0.1, -0.05) is 47.6 Å². The van der Waals surface area contributed by atoms with Gasteiger partial charge in [-0.3, -0.25) is 4.98 Å². The maximum absolute atomic E-state index is 11.5. The van der Waals surface area contributed by atoms with E-state index in [1.54, 1.807) is 42.7 Å². The molecule has 0 saturated carbocycles. The summed E-state index contributed by atoms with van der Waals surface area (Å²) in [7, 11) is 0. The third-order valence-corrected chi connectivity index (χ3v) is 4.41. The summed E-state index contributed by atoms with van der Waals surface area (Å²) < 4.78 is 0. The van der Waals surface area contributed by atoms with Crippen LogP contribution in [0.25, 0.3) is 0 Å². The van der Waals surface area contributed by atoms with E-state index in [0.717, 1.165) is 16.7 Å². The van der Waals surface area contributed by atoms with Crippen molar-refractivity contribution < 1.29 is 9.90 Å². The van der Waals surface area contributed by atoms with Gasteiger partial charge in [0.2, 0.25) is 0 Å². The molecule has 2 atom stereocenters. The second-order valence-corrected chi connectivity index (χ2v) is 6.03. The first-order valence-corrected chi connectivity index (χ1v) is 8.29. The van der Waals surface area contributed by atoms with Crippen LogP contribution < -0.4 is 0 Å². The van der Waals surface area contributed by atoms with Gasteiger partial charge in [0.25, 0.3) is 0 Å². The lowest BCUT2D eigenvalue weighted by atomic mass is 9.84. The average Bonchev–Trinajstić information content (AvgIpc) is 2.70. The van der Waals surface area contributed by atoms with Crippen molar-refractivity contribution in [1.29, 1.82) is 0 Å². The molecule has 26 heavy (non-hydrogen) atoms. The predicted molar refractivity (Wildman–Crippen MR) is 99.1 cm³/mol. The summed E-state index contributed by atoms with van der Waals surface area (Å²) in [6.45, 7) is 0. The summed E-state index contributed by atoms with van der Waals surface area (Å²) in [4.78, 5) is 26.8. The molecular formula is C21H18N2O3. The lowest BCUT2D eigenvalue weighted by molar-refractivity contribution is 0.0696. The molecular weight excluding hydrogens is 328 g/mol. The molecule has 0 radical (unpaired) electrons. The molecule has 5 nitrogen and oxygen atoms in total. The van der Waals surface area contributed by atoms with Gasteiger partial charge in [0.15, 0.2) is 0 Å². The van der Waals surface area contributed by atoms with Crippen molar-refractivity contribution in [1.82, 2.24) is 4.98 Å². The Morgan fingerprint density at radius 3 is 2.27 bits per heavy atom. The molecule has 0 aliphatic rings. The van der Waals surface area contributed by atoms with Crippen molar-refractivity contribution in [2.24, 2.45) is 5.18 Å². The predicted octanol–water partition coefficient (Wildman–Crippen LogP) is 4.81. The lowest BCUT2D eigenvalue weighted by Gasteiger charge is -2.21. The van der Waals surface area contributed by atoms with E-state index in [1.165, 1.54) is 0 Å². The number of aromatic carboxylic acids is 1. The molecule has 2 aromatic carbocycles. The highest BCUT2D eigenvalue weighted by Gasteiger charge is 2.22. The normalized spacial score (nSPS) is 12.9. The number of nitroso groups, excluding NO2 is 1. The number of hydrogen-bond donors (Lipinski definition) is 1. The number of rotatable bonds is 7. The summed E-state index contributed by atoms with van der Waals surface area (Å²) in [5.74, 6) is -1.12. The summed E-state index contributed by atoms with van der Waals surface area (Å²) in [5, 5.41) is 12.6. The Morgan fingerprint density at radius 2 is 1.62 bits per heavy atom. The maximum Gasteiger partial charge on any atom is 0.335 e. The van der Waals surface area contributed by atoms with Crippen molar-refractivity contribution in [2.75, 3.05) is 0 Å². The molecule has 1 aromatic heterocycles. The van der Waals surface area contributed by atoms with Crippen molar-refractivity contribution in [3.8, 4) is 0 Å². The van der Waals surface area contributed by atoms with E-state index < -0.39 is 12.0 Å². The van der Waals surface area contributed by atoms with Gasteiger partial charge in [0, 0.05) is 18.3 Å². The molecule has 0 aliphatic carbocycles. The highest BCUT2D eigenvalue weighted by Crippen LogP contribution is 2.35. The zero-order valence-electron chi connectivity index (χ0n) is 14.0. The summed E-state index contributed by atoms with van der Waals surface area (Å²) >= 11 is 0. The van der Waals surface area contributed by atoms with E-state index in [0.29, 0.717) is 6.42 Å². The van der Waals surface area contributed by atoms with E-state index in [4.69, 9.17) is 0 Å². The van der Waals surface area contributed by atoms with E-state index in [-0.39, 0.29) is 11.5 Å². The van der Waals surface area contributed by atoms with E-state index in [2.05, 4.69) is 10.2 Å². The van der Waals surface area contributed by atoms with Crippen LogP contribution >= 0.6 is 0 Å². The molecule has 0 saturated heterocycles. The fourth-order valence-electron chi connectivity index (χ4n) is 3.09. The molecule has 0 bridgehead atoms. The monoisotopic (exact) mass is 346 g/mol. The molecule has 3 rings (SSSR count). The molecule has 0 amide bonds. The Bertz CT molecular complexity index is 882. The molecule has 1 N–H and O–H groups in total. The van der Waals surface area contributed by atoms with Crippen LogP contribution in [0.15, 0.2) is 84.3 Å². The third-order valence-electron chi connectivity index (χ3n) is 4.41. The minimum Gasteiger partial charge on any atom is -0.478 e. The zero-order chi connectivity index (χ0) is 18.4. The Labute approximate surface area is 151 Å². The molecule has 5 heteroatoms. The number of nitrogens with zero attached hydrogens (tertiary/aromatic N) is 2. The lowest BCUT2D eigenvalue weighted by Crippen LogP contribution is -2.08. The van der Waals surface area contributed by atoms with Gasteiger partial charge in [0.05, 0.1) is 5.56 Å². The van der Waals surface area contributed by atoms with Gasteiger partial charge in [0.1, 0.15) is 6.04 Å². The quantitative estimate of drug-likeness (QED) is 0.623. The number of aromatic nitrogens is 1. The summed E-state index contributed by atoms with van der Waals surface area (Å²) in [6.07, 6.45) is 3.72. The van der Waals surface area contributed by atoms with Crippen LogP contribution in [0.4, 0.5) is 0 Å². The first-order chi connectivity index (χ1) is 12.7. The Hall–Kier alpha value is -3.34. The molecule has 0 spiro atoms. The van der Waals surface area contributed by atoms with Gasteiger partial charge in [-0.05, 0) is 47.4 Å². The molecule has 130 valence electrons. The molecule has 3 aromatic rings. The van der Waals surface area contributed by atoms with E-state index >= 15 is 0 Å². The van der Waals surface area contributed by atoms with Gasteiger partial charge in [-0.2, -0.15) is 4.91 Å². The van der Waals surface area contributed by atoms with Crippen LogP contribution in [-0.2, 0) is 0 Å². The van der Waals surface area contributed by atoms with Crippen molar-refractivity contribution in [3.63, 3.8) is 0 Å². The number of pyridine rings is 1. The minimum absolute atomic E-state index is 0.147. The number of carbonyl (C=O) groups is 1. The fraction of sp³-hybridized carbons (Fsp3) is 0.143. The van der Waals surface area contributed by atoms with Gasteiger partial charge >= 0.3 is 5.97 Å². The molecule has 0 aliphatic heterocycles. The third kappa shape index (κ3) is 4.00. The first kappa shape index (κ1) is 17.5. The van der Waals surface area contributed by atoms with Crippen molar-refractivity contribution in [2.45, 2.75) is 18.4 Å². The Kier molecular flexibility index (Phi) is 5.49. The second kappa shape index (κ2) is 8.16. The fourth-order valence-corrected chi connectivity index (χ4v) is 3.09. The number of carboxylic acids is 1. The molecule has 1 heterocycles. The largest absolute Gasteiger partial charge is 0.478 e. The average molecular weight is 346 g/mol. The van der Waals surface area contributed by atoms with E-state index in [1.807, 2.05) is 36.4 Å². The highest BCUT2D eigenvalue weighted by atomic mass is 16.4. The van der Waals surface area contributed by atoms with Crippen LogP contribution in [0.3, 0.4) is 0 Å². The number of hydrogen-bond acceptors (Lipinski definition) is 4. The summed E-state index contributed by atoms with van der Waals surface area (Å²) in [6, 6.07) is 19.6. The van der Waals surface area contributed by atoms with Gasteiger partial charge in [-0.15, -0.1) is 0 Å². The van der Waals surface area contributed by atoms with Crippen LogP contribution in [0, 0.1) is 4.91 Å². The topological polar surface area (TPSA) is 79.6 Å².